The number of nitriles is 2. The van der Waals surface area contributed by atoms with Crippen LogP contribution in [0.4, 0.5) is 11.4 Å². The molecular weight excluding hydrogens is 1600 g/mol. The van der Waals surface area contributed by atoms with Gasteiger partial charge in [0.1, 0.15) is 0 Å². The minimum Gasteiger partial charge on any atom is -0.310 e. The average Bonchev–Trinajstić information content (AvgIpc) is 1.55. The van der Waals surface area contributed by atoms with Gasteiger partial charge in [0.05, 0.1) is 69.5 Å². The number of nitrogens with zero attached hydrogens (tertiary/aromatic N) is 8. The van der Waals surface area contributed by atoms with Crippen molar-refractivity contribution in [2.24, 2.45) is 0 Å². The molecule has 0 radical (unpaired) electrons. The van der Waals surface area contributed by atoms with Gasteiger partial charge in [-0.05, 0) is 286 Å². The Morgan fingerprint density at radius 1 is 0.182 bits per heavy atom. The van der Waals surface area contributed by atoms with Crippen LogP contribution in [-0.2, 0) is 0 Å². The molecule has 0 bridgehead atoms. The molecule has 28 rings (SSSR count). The molecule has 0 aliphatic carbocycles. The van der Waals surface area contributed by atoms with Crippen molar-refractivity contribution in [3.05, 3.63) is 446 Å². The van der Waals surface area contributed by atoms with Gasteiger partial charge in [-0.15, -0.1) is 0 Å². The van der Waals surface area contributed by atoms with E-state index >= 15 is 0 Å². The molecule has 0 saturated heterocycles. The second-order valence-electron chi connectivity index (χ2n) is 34.8. The Bertz CT molecular complexity index is 9380. The minimum atomic E-state index is 0.641. The molecule has 0 amide bonds. The van der Waals surface area contributed by atoms with Crippen molar-refractivity contribution in [3.63, 3.8) is 0 Å². The standard InChI is InChI=1S/2C62H34N4/c1-64-40-34-39-21-23-54-52(29-31-56-62(54)60(39)58(35-40)66(56)42-14-6-3-7-15-42)50-27-25-48(44-17-9-11-19-46(44)50)47-24-26-49(45-18-10-8-16-43(45)47)51-28-30-55-61-53(51)22-20-38-32-37(36-63)33-57(59(38)61)65(55)41-12-4-2-5-13-41;1-64-44-32-41-23-22-40-31-43(34-57-61(40)62(41)58(35-44)66(57)46-14-6-3-7-15-46)48-25-27-54(52-19-11-9-17-50(48)52)53-26-24-47(49-16-8-10-18-51(49)53)42-30-39-21-20-38-28-37(36-63)29-55-59(38)60(39)56(33-42)65(55)45-12-4-2-5-13-45/h2*2-35H. The molecule has 0 spiro atoms. The number of rotatable bonds is 10. The van der Waals surface area contributed by atoms with Crippen molar-refractivity contribution in [3.8, 4) is 102 Å². The van der Waals surface area contributed by atoms with Gasteiger partial charge in [-0.1, -0.05) is 279 Å². The van der Waals surface area contributed by atoms with Gasteiger partial charge in [-0.2, -0.15) is 10.5 Å². The largest absolute Gasteiger partial charge is 0.310 e. The van der Waals surface area contributed by atoms with Crippen LogP contribution < -0.4 is 0 Å². The summed E-state index contributed by atoms with van der Waals surface area (Å²) >= 11 is 0. The molecule has 0 aliphatic heterocycles. The summed E-state index contributed by atoms with van der Waals surface area (Å²) in [5.41, 5.74) is 29.7. The first-order valence-electron chi connectivity index (χ1n) is 44.5. The highest BCUT2D eigenvalue weighted by Crippen LogP contribution is 2.53. The molecule has 0 saturated carbocycles. The number of aromatic nitrogens is 4. The Morgan fingerprint density at radius 3 is 0.712 bits per heavy atom. The molecule has 0 N–H and O–H groups in total. The summed E-state index contributed by atoms with van der Waals surface area (Å²) in [6, 6.07) is 153. The normalized spacial score (nSPS) is 11.9. The molecule has 28 aromatic rings. The van der Waals surface area contributed by atoms with E-state index < -0.39 is 0 Å². The maximum Gasteiger partial charge on any atom is 0.189 e. The number of hydrogen-bond acceptors (Lipinski definition) is 2. The predicted octanol–water partition coefficient (Wildman–Crippen LogP) is 33.6. The number of fused-ring (bicyclic) bond motifs is 4. The number of para-hydroxylation sites is 4. The van der Waals surface area contributed by atoms with Gasteiger partial charge in [-0.25, -0.2) is 9.69 Å². The monoisotopic (exact) mass is 1670 g/mol. The van der Waals surface area contributed by atoms with E-state index in [1.807, 2.05) is 66.7 Å². The van der Waals surface area contributed by atoms with Crippen molar-refractivity contribution in [2.75, 3.05) is 0 Å². The molecule has 0 atom stereocenters. The van der Waals surface area contributed by atoms with Crippen LogP contribution in [0.25, 0.3) is 273 Å². The molecule has 8 heteroatoms. The first-order chi connectivity index (χ1) is 65.3. The van der Waals surface area contributed by atoms with Gasteiger partial charge >= 0.3 is 0 Å². The Kier molecular flexibility index (Phi) is 16.0. The maximum absolute atomic E-state index is 10.0. The summed E-state index contributed by atoms with van der Waals surface area (Å²) in [6.45, 7) is 15.8. The highest BCUT2D eigenvalue weighted by atomic mass is 15.0. The van der Waals surface area contributed by atoms with Crippen LogP contribution in [0.5, 0.6) is 0 Å². The highest BCUT2D eigenvalue weighted by Gasteiger charge is 2.28. The van der Waals surface area contributed by atoms with E-state index in [1.165, 1.54) is 163 Å². The fourth-order valence-electron chi connectivity index (χ4n) is 22.6. The lowest BCUT2D eigenvalue weighted by atomic mass is 9.86. The van der Waals surface area contributed by atoms with Crippen molar-refractivity contribution in [1.82, 2.24) is 18.3 Å². The van der Waals surface area contributed by atoms with Crippen LogP contribution in [-0.4, -0.2) is 18.3 Å². The fraction of sp³-hybridized carbons (Fsp3) is 0. The Labute approximate surface area is 756 Å². The zero-order chi connectivity index (χ0) is 87.2. The summed E-state index contributed by atoms with van der Waals surface area (Å²) in [4.78, 5) is 7.73. The van der Waals surface area contributed by atoms with Crippen LogP contribution in [0.15, 0.2) is 413 Å². The quantitative estimate of drug-likeness (QED) is 0.101. The van der Waals surface area contributed by atoms with E-state index in [0.29, 0.717) is 22.5 Å². The number of hydrogen-bond donors (Lipinski definition) is 0. The molecule has 132 heavy (non-hydrogen) atoms. The van der Waals surface area contributed by atoms with Crippen LogP contribution in [0.2, 0.25) is 0 Å². The molecule has 604 valence electrons. The lowest BCUT2D eigenvalue weighted by Crippen LogP contribution is -1.94. The molecule has 4 heterocycles. The SMILES string of the molecule is [C-]#[N+]c1cc2ccc3c(-c4ccc(-c5ccc(-c6ccc7c8c6ccc6cc(C#N)cc(c68)n7-c6ccccc6)c6ccccc56)c5ccccc45)ccc4c3c2c(c1)n4-c1ccccc1.[C-]#[N+]c1cc2ccc3cc(-c4ccc(-c5ccc(-c6cc7ccc8cc(C#N)cc9c8c7c(c6)n9-c6ccccc6)c6ccccc56)c5ccccc45)cc4c3c2c(c1)n4-c1ccccc1. The van der Waals surface area contributed by atoms with E-state index in [4.69, 9.17) is 13.1 Å². The second kappa shape index (κ2) is 28.5. The molecular formula is C124H68N8. The summed E-state index contributed by atoms with van der Waals surface area (Å²) < 4.78 is 9.28. The third-order valence-electron chi connectivity index (χ3n) is 28.0. The summed E-state index contributed by atoms with van der Waals surface area (Å²) in [7, 11) is 0. The average molecular weight is 1670 g/mol. The van der Waals surface area contributed by atoms with E-state index in [2.05, 4.69) is 386 Å². The second-order valence-corrected chi connectivity index (χ2v) is 34.8. The lowest BCUT2D eigenvalue weighted by Gasteiger charge is -2.17. The smallest absolute Gasteiger partial charge is 0.189 e. The molecule has 8 nitrogen and oxygen atoms in total. The minimum absolute atomic E-state index is 0.641. The van der Waals surface area contributed by atoms with Gasteiger partial charge in [-0.3, -0.25) is 0 Å². The zero-order valence-electron chi connectivity index (χ0n) is 70.8. The van der Waals surface area contributed by atoms with Crippen LogP contribution in [0.1, 0.15) is 11.1 Å². The topological polar surface area (TPSA) is 76.0 Å². The van der Waals surface area contributed by atoms with Crippen molar-refractivity contribution < 1.29 is 0 Å². The molecule has 24 aromatic carbocycles. The van der Waals surface area contributed by atoms with Crippen molar-refractivity contribution in [1.29, 1.82) is 10.5 Å². The van der Waals surface area contributed by atoms with Gasteiger partial charge in [0, 0.05) is 76.9 Å². The summed E-state index contributed by atoms with van der Waals surface area (Å²) in [6.07, 6.45) is 0. The van der Waals surface area contributed by atoms with Gasteiger partial charge < -0.3 is 18.3 Å². The van der Waals surface area contributed by atoms with E-state index in [-0.39, 0.29) is 0 Å². The van der Waals surface area contributed by atoms with E-state index in [9.17, 15) is 10.5 Å². The highest BCUT2D eigenvalue weighted by molar-refractivity contribution is 6.32. The third kappa shape index (κ3) is 10.8. The van der Waals surface area contributed by atoms with Gasteiger partial charge in [0.15, 0.2) is 11.4 Å². The molecule has 0 aliphatic rings. The molecule has 0 unspecified atom stereocenters. The van der Waals surface area contributed by atoms with Crippen molar-refractivity contribution in [2.45, 2.75) is 0 Å². The first kappa shape index (κ1) is 73.9. The predicted molar refractivity (Wildman–Crippen MR) is 550 cm³/mol. The van der Waals surface area contributed by atoms with Gasteiger partial charge in [0.25, 0.3) is 0 Å². The lowest BCUT2D eigenvalue weighted by molar-refractivity contribution is 1.18. The Balaban J connectivity index is 0.000000135. The van der Waals surface area contributed by atoms with Crippen LogP contribution in [0.3, 0.4) is 0 Å². The van der Waals surface area contributed by atoms with Gasteiger partial charge in [0.2, 0.25) is 0 Å². The fourth-order valence-corrected chi connectivity index (χ4v) is 22.6. The molecule has 4 aromatic heterocycles. The van der Waals surface area contributed by atoms with E-state index in [0.717, 1.165) is 99.6 Å². The molecule has 0 fully saturated rings. The number of benzene rings is 24. The Morgan fingerprint density at radius 2 is 0.409 bits per heavy atom. The van der Waals surface area contributed by atoms with Crippen LogP contribution in [0, 0.1) is 35.8 Å². The third-order valence-corrected chi connectivity index (χ3v) is 28.0. The van der Waals surface area contributed by atoms with Crippen molar-refractivity contribution >= 4 is 185 Å². The zero-order valence-corrected chi connectivity index (χ0v) is 70.8. The Hall–Kier alpha value is -18.4. The summed E-state index contributed by atoms with van der Waals surface area (Å²) in [5, 5.41) is 48.3. The first-order valence-corrected chi connectivity index (χ1v) is 44.5. The van der Waals surface area contributed by atoms with E-state index in [1.54, 1.807) is 0 Å². The van der Waals surface area contributed by atoms with Crippen LogP contribution >= 0.6 is 0 Å². The summed E-state index contributed by atoms with van der Waals surface area (Å²) in [5.74, 6) is 0. The maximum atomic E-state index is 10.0.